The van der Waals surface area contributed by atoms with E-state index >= 15 is 0 Å². The molecule has 1 aliphatic rings. The highest BCUT2D eigenvalue weighted by molar-refractivity contribution is 7.87. The van der Waals surface area contributed by atoms with E-state index in [0.29, 0.717) is 35.7 Å². The fourth-order valence-corrected chi connectivity index (χ4v) is 7.69. The molecule has 0 aromatic heterocycles. The van der Waals surface area contributed by atoms with Gasteiger partial charge in [-0.05, 0) is 63.1 Å². The first-order valence-corrected chi connectivity index (χ1v) is 18.6. The van der Waals surface area contributed by atoms with E-state index in [1.807, 2.05) is 26.0 Å². The van der Waals surface area contributed by atoms with Crippen LogP contribution >= 0.6 is 0 Å². The van der Waals surface area contributed by atoms with E-state index in [-0.39, 0.29) is 33.4 Å². The first kappa shape index (κ1) is 35.2. The zero-order valence-corrected chi connectivity index (χ0v) is 29.2. The van der Waals surface area contributed by atoms with Gasteiger partial charge in [0.15, 0.2) is 23.0 Å². The Morgan fingerprint density at radius 1 is 0.583 bits per heavy atom. The highest BCUT2D eigenvalue weighted by Crippen LogP contribution is 2.36. The van der Waals surface area contributed by atoms with E-state index in [1.165, 1.54) is 38.5 Å². The summed E-state index contributed by atoms with van der Waals surface area (Å²) in [7, 11) is -5.26. The largest absolute Gasteiger partial charge is 0.493 e. The van der Waals surface area contributed by atoms with E-state index in [9.17, 15) is 16.8 Å². The van der Waals surface area contributed by atoms with Gasteiger partial charge < -0.3 is 28.5 Å². The molecule has 2 N–H and O–H groups in total. The number of para-hydroxylation sites is 2. The lowest BCUT2D eigenvalue weighted by Crippen LogP contribution is -2.49. The van der Waals surface area contributed by atoms with Crippen molar-refractivity contribution in [1.82, 2.24) is 10.6 Å². The van der Waals surface area contributed by atoms with Gasteiger partial charge in [-0.3, -0.25) is 0 Å². The highest BCUT2D eigenvalue weighted by Gasteiger charge is 2.28. The van der Waals surface area contributed by atoms with Gasteiger partial charge in [-0.15, -0.1) is 0 Å². The minimum Gasteiger partial charge on any atom is -0.493 e. The summed E-state index contributed by atoms with van der Waals surface area (Å²) in [4.78, 5) is 0.115. The van der Waals surface area contributed by atoms with E-state index in [4.69, 9.17) is 17.8 Å². The number of methoxy groups -OCH3 is 2. The fraction of sp³-hybridized carbons (Fsp3) is 0.333. The Labute approximate surface area is 283 Å². The summed E-state index contributed by atoms with van der Waals surface area (Å²) in [6.07, 6.45) is 3.84. The van der Waals surface area contributed by atoms with Crippen molar-refractivity contribution in [3.05, 3.63) is 107 Å². The minimum absolute atomic E-state index is 0.0396. The molecule has 4 aromatic rings. The summed E-state index contributed by atoms with van der Waals surface area (Å²) >= 11 is 0. The van der Waals surface area contributed by atoms with Crippen LogP contribution < -0.4 is 28.5 Å². The summed E-state index contributed by atoms with van der Waals surface area (Å²) < 4.78 is 75.1. The van der Waals surface area contributed by atoms with Crippen LogP contribution in [0.25, 0.3) is 0 Å². The number of rotatable bonds is 14. The first-order valence-electron chi connectivity index (χ1n) is 15.8. The number of ether oxygens (including phenoxy) is 2. The number of benzene rings is 4. The van der Waals surface area contributed by atoms with Crippen LogP contribution in [0.3, 0.4) is 0 Å². The molecule has 256 valence electrons. The van der Waals surface area contributed by atoms with Gasteiger partial charge in [0.05, 0.1) is 14.2 Å². The van der Waals surface area contributed by atoms with Gasteiger partial charge in [0.25, 0.3) is 0 Å². The van der Waals surface area contributed by atoms with Crippen molar-refractivity contribution in [2.24, 2.45) is 0 Å². The maximum Gasteiger partial charge on any atom is 0.339 e. The average Bonchev–Trinajstić information content (AvgIpc) is 3.07. The molecule has 0 radical (unpaired) electrons. The Morgan fingerprint density at radius 2 is 0.958 bits per heavy atom. The molecule has 5 rings (SSSR count). The molecule has 0 bridgehead atoms. The molecule has 12 heteroatoms. The standard InChI is InChI=1S/C36H42N2O8S2/c1-25-15-19-29(20-16-25)47(39,40)45-35-27(9-7-13-33(35)43-3)23-37-31-11-5-6-12-32(31)38-24-28-10-8-14-34(44-4)36(28)46-48(41,42)30-21-17-26(2)18-22-30/h7-10,13-22,31-32,37-38H,5-6,11-12,23-24H2,1-4H3/t31-,32-/m1/s1. The van der Waals surface area contributed by atoms with Gasteiger partial charge in [-0.2, -0.15) is 16.8 Å². The van der Waals surface area contributed by atoms with Crippen molar-refractivity contribution in [2.75, 3.05) is 14.2 Å². The monoisotopic (exact) mass is 694 g/mol. The molecule has 1 fully saturated rings. The third-order valence-corrected chi connectivity index (χ3v) is 10.9. The fourth-order valence-electron chi connectivity index (χ4n) is 5.74. The van der Waals surface area contributed by atoms with Crippen LogP contribution in [-0.2, 0) is 33.3 Å². The second-order valence-corrected chi connectivity index (χ2v) is 14.9. The summed E-state index contributed by atoms with van der Waals surface area (Å²) in [6, 6.07) is 23.6. The lowest BCUT2D eigenvalue weighted by Gasteiger charge is -2.33. The first-order chi connectivity index (χ1) is 23.0. The van der Waals surface area contributed by atoms with E-state index in [1.54, 1.807) is 48.5 Å². The maximum atomic E-state index is 13.2. The Hall–Kier alpha value is -4.10. The lowest BCUT2D eigenvalue weighted by atomic mass is 9.90. The molecule has 0 spiro atoms. The van der Waals surface area contributed by atoms with E-state index in [2.05, 4.69) is 10.6 Å². The molecule has 48 heavy (non-hydrogen) atoms. The highest BCUT2D eigenvalue weighted by atomic mass is 32.2. The molecule has 4 aromatic carbocycles. The molecule has 0 aliphatic heterocycles. The third kappa shape index (κ3) is 8.48. The quantitative estimate of drug-likeness (QED) is 0.151. The summed E-state index contributed by atoms with van der Waals surface area (Å²) in [5.41, 5.74) is 3.15. The second-order valence-electron chi connectivity index (χ2n) is 11.9. The number of aryl methyl sites for hydroxylation is 2. The molecule has 0 heterocycles. The second kappa shape index (κ2) is 15.4. The predicted octanol–water partition coefficient (Wildman–Crippen LogP) is 6.05. The van der Waals surface area contributed by atoms with Gasteiger partial charge >= 0.3 is 20.2 Å². The van der Waals surface area contributed by atoms with Gasteiger partial charge in [-0.1, -0.05) is 72.5 Å². The van der Waals surface area contributed by atoms with Crippen LogP contribution in [0.4, 0.5) is 0 Å². The third-order valence-electron chi connectivity index (χ3n) is 8.44. The Balaban J connectivity index is 1.31. The minimum atomic E-state index is -4.11. The Kier molecular flexibility index (Phi) is 11.3. The predicted molar refractivity (Wildman–Crippen MR) is 184 cm³/mol. The molecule has 0 amide bonds. The Morgan fingerprint density at radius 3 is 1.31 bits per heavy atom. The van der Waals surface area contributed by atoms with Gasteiger partial charge in [-0.25, -0.2) is 0 Å². The van der Waals surface area contributed by atoms with Gasteiger partial charge in [0, 0.05) is 36.3 Å². The normalized spacial score (nSPS) is 16.7. The number of hydrogen-bond acceptors (Lipinski definition) is 10. The van der Waals surface area contributed by atoms with Gasteiger partial charge in [0.2, 0.25) is 0 Å². The SMILES string of the molecule is COc1cccc(CN[C@@H]2CCCC[C@H]2NCc2cccc(OC)c2OS(=O)(=O)c2ccc(C)cc2)c1OS(=O)(=O)c1ccc(C)cc1. The number of nitrogens with one attached hydrogen (secondary N) is 2. The van der Waals surface area contributed by atoms with Crippen molar-refractivity contribution in [2.45, 2.75) is 74.5 Å². The molecule has 0 unspecified atom stereocenters. The van der Waals surface area contributed by atoms with Crippen LogP contribution in [0.2, 0.25) is 0 Å². The summed E-state index contributed by atoms with van der Waals surface area (Å²) in [5, 5.41) is 7.21. The van der Waals surface area contributed by atoms with E-state index in [0.717, 1.165) is 36.8 Å². The molecule has 1 saturated carbocycles. The Bertz CT molecular complexity index is 1770. The van der Waals surface area contributed by atoms with Crippen LogP contribution in [0, 0.1) is 13.8 Å². The molecular weight excluding hydrogens is 653 g/mol. The van der Waals surface area contributed by atoms with Crippen molar-refractivity contribution >= 4 is 20.2 Å². The van der Waals surface area contributed by atoms with Crippen LogP contribution in [-0.4, -0.2) is 43.1 Å². The van der Waals surface area contributed by atoms with Crippen LogP contribution in [0.15, 0.2) is 94.7 Å². The molecular formula is C36H42N2O8S2. The van der Waals surface area contributed by atoms with Crippen molar-refractivity contribution in [1.29, 1.82) is 0 Å². The maximum absolute atomic E-state index is 13.2. The number of hydrogen-bond donors (Lipinski definition) is 2. The van der Waals surface area contributed by atoms with Crippen molar-refractivity contribution in [3.8, 4) is 23.0 Å². The summed E-state index contributed by atoms with van der Waals surface area (Å²) in [5.74, 6) is 0.909. The van der Waals surface area contributed by atoms with Gasteiger partial charge in [0.1, 0.15) is 9.79 Å². The topological polar surface area (TPSA) is 129 Å². The molecule has 0 saturated heterocycles. The molecule has 2 atom stereocenters. The molecule has 10 nitrogen and oxygen atoms in total. The zero-order valence-electron chi connectivity index (χ0n) is 27.6. The van der Waals surface area contributed by atoms with E-state index < -0.39 is 20.2 Å². The smallest absolute Gasteiger partial charge is 0.339 e. The van der Waals surface area contributed by atoms with Crippen LogP contribution in [0.5, 0.6) is 23.0 Å². The van der Waals surface area contributed by atoms with Crippen LogP contribution in [0.1, 0.15) is 47.9 Å². The zero-order chi connectivity index (χ0) is 34.3. The summed E-state index contributed by atoms with van der Waals surface area (Å²) in [6.45, 7) is 4.44. The average molecular weight is 695 g/mol. The molecule has 1 aliphatic carbocycles. The van der Waals surface area contributed by atoms with Crippen molar-refractivity contribution < 1.29 is 34.7 Å². The van der Waals surface area contributed by atoms with Crippen molar-refractivity contribution in [3.63, 3.8) is 0 Å². The lowest BCUT2D eigenvalue weighted by molar-refractivity contribution is 0.279.